The van der Waals surface area contributed by atoms with E-state index in [0.29, 0.717) is 17.4 Å². The number of carbonyl (C=O) groups excluding carboxylic acids is 1. The quantitative estimate of drug-likeness (QED) is 0.689. The first kappa shape index (κ1) is 17.1. The summed E-state index contributed by atoms with van der Waals surface area (Å²) in [6.07, 6.45) is 7.17. The Bertz CT molecular complexity index is 405. The Labute approximate surface area is 135 Å². The number of ether oxygens (including phenoxy) is 1. The zero-order valence-corrected chi connectivity index (χ0v) is 14.6. The molecule has 4 fully saturated rings. The van der Waals surface area contributed by atoms with Crippen molar-refractivity contribution in [3.05, 3.63) is 0 Å². The number of halogens is 1. The van der Waals surface area contributed by atoms with Gasteiger partial charge in [0.15, 0.2) is 0 Å². The number of hydrogen-bond donors (Lipinski definition) is 0. The van der Waals surface area contributed by atoms with Crippen molar-refractivity contribution in [1.29, 1.82) is 0 Å². The highest BCUT2D eigenvalue weighted by atomic mass is 35.5. The minimum absolute atomic E-state index is 0. The largest absolute Gasteiger partial charge is 1.00 e. The third-order valence-electron chi connectivity index (χ3n) is 5.83. The molecule has 4 saturated carbocycles. The molecule has 0 aromatic heterocycles. The van der Waals surface area contributed by atoms with Gasteiger partial charge in [-0.2, -0.15) is 0 Å². The smallest absolute Gasteiger partial charge is 0.312 e. The highest BCUT2D eigenvalue weighted by molar-refractivity contribution is 5.77. The van der Waals surface area contributed by atoms with Gasteiger partial charge in [0.1, 0.15) is 6.61 Å². The fourth-order valence-corrected chi connectivity index (χ4v) is 6.15. The highest BCUT2D eigenvalue weighted by Crippen LogP contribution is 2.69. The van der Waals surface area contributed by atoms with Crippen LogP contribution in [0.5, 0.6) is 0 Å². The molecule has 4 heteroatoms. The van der Waals surface area contributed by atoms with E-state index in [1.807, 2.05) is 14.1 Å². The summed E-state index contributed by atoms with van der Waals surface area (Å²) in [5, 5.41) is 0. The summed E-state index contributed by atoms with van der Waals surface area (Å²) >= 11 is 0. The van der Waals surface area contributed by atoms with Crippen molar-refractivity contribution < 1.29 is 21.9 Å². The number of rotatable bonds is 4. The summed E-state index contributed by atoms with van der Waals surface area (Å²) in [7, 11) is 4.03. The zero-order valence-electron chi connectivity index (χ0n) is 13.9. The van der Waals surface area contributed by atoms with Crippen LogP contribution >= 0.6 is 0 Å². The second-order valence-corrected chi connectivity index (χ2v) is 8.85. The first-order valence-electron chi connectivity index (χ1n) is 8.06. The molecule has 0 N–H and O–H groups in total. The number of carbonyl (C=O) groups is 1. The van der Waals surface area contributed by atoms with Crippen LogP contribution in [0, 0.1) is 22.2 Å². The van der Waals surface area contributed by atoms with Crippen LogP contribution in [-0.2, 0) is 9.53 Å². The molecule has 4 aliphatic rings. The average Bonchev–Trinajstić information content (AvgIpc) is 2.22. The van der Waals surface area contributed by atoms with E-state index in [0.717, 1.165) is 31.7 Å². The summed E-state index contributed by atoms with van der Waals surface area (Å²) in [5.74, 6) is 0.851. The minimum atomic E-state index is -0.158. The molecule has 2 atom stereocenters. The van der Waals surface area contributed by atoms with Crippen LogP contribution in [0.4, 0.5) is 0 Å². The maximum absolute atomic E-state index is 12.7. The lowest BCUT2D eigenvalue weighted by molar-refractivity contribution is -0.191. The van der Waals surface area contributed by atoms with Crippen LogP contribution in [0.1, 0.15) is 52.4 Å². The van der Waals surface area contributed by atoms with Crippen LogP contribution in [0.3, 0.4) is 0 Å². The van der Waals surface area contributed by atoms with E-state index in [-0.39, 0.29) is 23.8 Å². The Morgan fingerprint density at radius 2 is 1.67 bits per heavy atom. The van der Waals surface area contributed by atoms with Gasteiger partial charge < -0.3 is 22.0 Å². The molecule has 21 heavy (non-hydrogen) atoms. The minimum Gasteiger partial charge on any atom is -1.00 e. The van der Waals surface area contributed by atoms with Gasteiger partial charge in [0.25, 0.3) is 0 Å². The Morgan fingerprint density at radius 1 is 1.10 bits per heavy atom. The molecule has 4 bridgehead atoms. The van der Waals surface area contributed by atoms with Gasteiger partial charge in [0, 0.05) is 6.54 Å². The predicted molar refractivity (Wildman–Crippen MR) is 79.4 cm³/mol. The normalized spacial score (nSPS) is 43.8. The lowest BCUT2D eigenvalue weighted by atomic mass is 9.40. The van der Waals surface area contributed by atoms with Gasteiger partial charge in [-0.15, -0.1) is 0 Å². The van der Waals surface area contributed by atoms with Gasteiger partial charge in [-0.3, -0.25) is 4.79 Å². The summed E-state index contributed by atoms with van der Waals surface area (Å²) in [4.78, 5) is 14.8. The van der Waals surface area contributed by atoms with Crippen molar-refractivity contribution in [3.63, 3.8) is 0 Å². The van der Waals surface area contributed by atoms with Crippen molar-refractivity contribution in [2.75, 3.05) is 27.2 Å². The van der Waals surface area contributed by atoms with Crippen molar-refractivity contribution >= 4 is 5.97 Å². The topological polar surface area (TPSA) is 29.5 Å². The number of hydrogen-bond acceptors (Lipinski definition) is 3. The SMILES string of the molecule is CN(C)CCOC(=O)C12CC3CC(C)(CC(C)(C3)C1)C2.[Cl-]. The van der Waals surface area contributed by atoms with Crippen LogP contribution in [0.15, 0.2) is 0 Å². The van der Waals surface area contributed by atoms with Gasteiger partial charge in [-0.1, -0.05) is 13.8 Å². The zero-order chi connectivity index (χ0) is 14.6. The Balaban J connectivity index is 0.00000161. The molecule has 0 aromatic carbocycles. The van der Waals surface area contributed by atoms with E-state index in [4.69, 9.17) is 4.74 Å². The standard InChI is InChI=1S/C17H29NO2.ClH/c1-15-7-13-8-16(2,10-15)12-17(9-13,11-15)14(19)20-6-5-18(3)4;/h13H,5-12H2,1-4H3;1H/p-1. The molecular weight excluding hydrogens is 286 g/mol. The molecule has 0 heterocycles. The number of likely N-dealkylation sites (N-methyl/N-ethyl adjacent to an activating group) is 1. The predicted octanol–water partition coefficient (Wildman–Crippen LogP) is 0.0918. The number of nitrogens with zero attached hydrogens (tertiary/aromatic N) is 1. The molecule has 0 amide bonds. The van der Waals surface area contributed by atoms with E-state index < -0.39 is 0 Å². The van der Waals surface area contributed by atoms with Gasteiger partial charge in [-0.25, -0.2) is 0 Å². The van der Waals surface area contributed by atoms with Crippen molar-refractivity contribution in [2.24, 2.45) is 22.2 Å². The van der Waals surface area contributed by atoms with Gasteiger partial charge in [0.05, 0.1) is 5.41 Å². The molecule has 4 aliphatic carbocycles. The molecule has 122 valence electrons. The first-order valence-corrected chi connectivity index (χ1v) is 8.06. The molecule has 0 radical (unpaired) electrons. The van der Waals surface area contributed by atoms with E-state index in [1.165, 1.54) is 19.3 Å². The molecule has 2 unspecified atom stereocenters. The lowest BCUT2D eigenvalue weighted by Crippen LogP contribution is -3.00. The van der Waals surface area contributed by atoms with Crippen LogP contribution in [0.2, 0.25) is 0 Å². The van der Waals surface area contributed by atoms with Crippen LogP contribution < -0.4 is 12.4 Å². The third kappa shape index (κ3) is 3.10. The molecular formula is C17H29ClNO2-. The van der Waals surface area contributed by atoms with E-state index in [2.05, 4.69) is 18.7 Å². The van der Waals surface area contributed by atoms with Crippen molar-refractivity contribution in [1.82, 2.24) is 4.90 Å². The van der Waals surface area contributed by atoms with E-state index in [1.54, 1.807) is 0 Å². The average molecular weight is 315 g/mol. The van der Waals surface area contributed by atoms with Crippen LogP contribution in [0.25, 0.3) is 0 Å². The fraction of sp³-hybridized carbons (Fsp3) is 0.941. The molecule has 4 rings (SSSR count). The maximum Gasteiger partial charge on any atom is 0.312 e. The fourth-order valence-electron chi connectivity index (χ4n) is 6.15. The molecule has 3 nitrogen and oxygen atoms in total. The summed E-state index contributed by atoms with van der Waals surface area (Å²) in [6.45, 7) is 6.15. The summed E-state index contributed by atoms with van der Waals surface area (Å²) in [5.41, 5.74) is 0.610. The second-order valence-electron chi connectivity index (χ2n) is 8.85. The maximum atomic E-state index is 12.7. The van der Waals surface area contributed by atoms with Gasteiger partial charge >= 0.3 is 5.97 Å². The van der Waals surface area contributed by atoms with Gasteiger partial charge in [-0.05, 0) is 69.4 Å². The Morgan fingerprint density at radius 3 is 2.14 bits per heavy atom. The summed E-state index contributed by atoms with van der Waals surface area (Å²) < 4.78 is 5.65. The van der Waals surface area contributed by atoms with Crippen LogP contribution in [-0.4, -0.2) is 38.1 Å². The third-order valence-corrected chi connectivity index (χ3v) is 5.83. The highest BCUT2D eigenvalue weighted by Gasteiger charge is 2.63. The number of esters is 1. The first-order chi connectivity index (χ1) is 9.24. The molecule has 0 aromatic rings. The molecule has 0 spiro atoms. The second kappa shape index (κ2) is 5.42. The summed E-state index contributed by atoms with van der Waals surface area (Å²) in [6, 6.07) is 0. The van der Waals surface area contributed by atoms with Crippen molar-refractivity contribution in [2.45, 2.75) is 52.4 Å². The van der Waals surface area contributed by atoms with Crippen molar-refractivity contribution in [3.8, 4) is 0 Å². The molecule has 0 aliphatic heterocycles. The molecule has 0 saturated heterocycles. The Kier molecular flexibility index (Phi) is 4.41. The monoisotopic (exact) mass is 314 g/mol. The lowest BCUT2D eigenvalue weighted by Gasteiger charge is -2.64. The van der Waals surface area contributed by atoms with E-state index in [9.17, 15) is 4.79 Å². The van der Waals surface area contributed by atoms with Gasteiger partial charge in [0.2, 0.25) is 0 Å². The van der Waals surface area contributed by atoms with E-state index >= 15 is 0 Å². The Hall–Kier alpha value is -0.280.